The maximum absolute atomic E-state index is 14.6. The Bertz CT molecular complexity index is 1160. The average Bonchev–Trinajstić information content (AvgIpc) is 2.83. The molecule has 0 aliphatic carbocycles. The molecule has 0 radical (unpaired) electrons. The van der Waals surface area contributed by atoms with Gasteiger partial charge in [-0.1, -0.05) is 41.9 Å². The highest BCUT2D eigenvalue weighted by molar-refractivity contribution is 6.31. The largest absolute Gasteiger partial charge is 0.494 e. The molecular weight excluding hydrogens is 439 g/mol. The second kappa shape index (κ2) is 9.70. The number of nitrogens with one attached hydrogen (secondary N) is 1. The SMILES string of the molecule is COc1ccc(C2(CC(=O)N(C)C(C)c3cc(Cl)cc4ccccc34)CCNCC2)cc1F. The lowest BCUT2D eigenvalue weighted by atomic mass is 9.70. The third-order valence-corrected chi connectivity index (χ3v) is 7.32. The van der Waals surface area contributed by atoms with E-state index in [1.54, 1.807) is 11.0 Å². The first kappa shape index (κ1) is 23.5. The van der Waals surface area contributed by atoms with Gasteiger partial charge in [0, 0.05) is 23.9 Å². The molecule has 1 aliphatic rings. The summed E-state index contributed by atoms with van der Waals surface area (Å²) in [4.78, 5) is 15.4. The van der Waals surface area contributed by atoms with Crippen molar-refractivity contribution in [3.8, 4) is 5.75 Å². The molecule has 1 saturated heterocycles. The number of nitrogens with zero attached hydrogens (tertiary/aromatic N) is 1. The van der Waals surface area contributed by atoms with E-state index >= 15 is 0 Å². The second-order valence-corrected chi connectivity index (χ2v) is 9.39. The van der Waals surface area contributed by atoms with E-state index in [0.717, 1.165) is 47.8 Å². The molecule has 1 atom stereocenters. The maximum Gasteiger partial charge on any atom is 0.223 e. The van der Waals surface area contributed by atoms with Crippen LogP contribution in [0.1, 0.15) is 43.4 Å². The van der Waals surface area contributed by atoms with Crippen LogP contribution in [0, 0.1) is 5.82 Å². The summed E-state index contributed by atoms with van der Waals surface area (Å²) in [5, 5.41) is 6.16. The Balaban J connectivity index is 1.63. The predicted molar refractivity (Wildman–Crippen MR) is 131 cm³/mol. The molecule has 0 bridgehead atoms. The Hall–Kier alpha value is -2.63. The highest BCUT2D eigenvalue weighted by Crippen LogP contribution is 2.40. The second-order valence-electron chi connectivity index (χ2n) is 8.95. The summed E-state index contributed by atoms with van der Waals surface area (Å²) in [5.74, 6) is -0.148. The summed E-state index contributed by atoms with van der Waals surface area (Å²) in [5.41, 5.74) is 1.45. The minimum atomic E-state index is -0.417. The van der Waals surface area contributed by atoms with E-state index in [1.807, 2.05) is 50.4 Å². The number of halogens is 2. The molecule has 33 heavy (non-hydrogen) atoms. The van der Waals surface area contributed by atoms with Gasteiger partial charge < -0.3 is 15.0 Å². The number of piperidine rings is 1. The molecule has 174 valence electrons. The van der Waals surface area contributed by atoms with Crippen LogP contribution in [-0.4, -0.2) is 38.1 Å². The third-order valence-electron chi connectivity index (χ3n) is 7.10. The molecule has 0 saturated carbocycles. The molecule has 1 unspecified atom stereocenters. The van der Waals surface area contributed by atoms with Gasteiger partial charge in [-0.05, 0) is 79.0 Å². The van der Waals surface area contributed by atoms with E-state index in [0.29, 0.717) is 11.4 Å². The molecule has 0 aromatic heterocycles. The van der Waals surface area contributed by atoms with Crippen molar-refractivity contribution in [1.82, 2.24) is 10.2 Å². The summed E-state index contributed by atoms with van der Waals surface area (Å²) in [6.45, 7) is 3.61. The number of carbonyl (C=O) groups excluding carboxylic acids is 1. The van der Waals surface area contributed by atoms with E-state index in [-0.39, 0.29) is 17.7 Å². The van der Waals surface area contributed by atoms with Gasteiger partial charge in [-0.3, -0.25) is 4.79 Å². The highest BCUT2D eigenvalue weighted by atomic mass is 35.5. The number of benzene rings is 3. The van der Waals surface area contributed by atoms with Gasteiger partial charge in [0.15, 0.2) is 11.6 Å². The molecule has 3 aromatic rings. The van der Waals surface area contributed by atoms with Crippen LogP contribution in [0.25, 0.3) is 10.8 Å². The monoisotopic (exact) mass is 468 g/mol. The van der Waals surface area contributed by atoms with Crippen molar-refractivity contribution >= 4 is 28.3 Å². The molecule has 1 N–H and O–H groups in total. The van der Waals surface area contributed by atoms with Crippen LogP contribution in [0.5, 0.6) is 5.75 Å². The molecule has 3 aromatic carbocycles. The summed E-state index contributed by atoms with van der Waals surface area (Å²) < 4.78 is 19.7. The van der Waals surface area contributed by atoms with E-state index in [9.17, 15) is 9.18 Å². The Morgan fingerprint density at radius 2 is 1.91 bits per heavy atom. The van der Waals surface area contributed by atoms with Crippen molar-refractivity contribution in [2.45, 2.75) is 37.6 Å². The zero-order valence-electron chi connectivity index (χ0n) is 19.3. The number of ether oxygens (including phenoxy) is 1. The van der Waals surface area contributed by atoms with Gasteiger partial charge in [0.05, 0.1) is 13.2 Å². The number of carbonyl (C=O) groups is 1. The summed E-state index contributed by atoms with van der Waals surface area (Å²) in [7, 11) is 3.30. The number of hydrogen-bond donors (Lipinski definition) is 1. The molecule has 1 amide bonds. The standard InChI is InChI=1S/C27H30ClFN2O2/c1-18(23-16-21(28)14-19-6-4-5-7-22(19)23)31(2)26(32)17-27(10-12-30-13-11-27)20-8-9-25(33-3)24(29)15-20/h4-9,14-16,18,30H,10-13,17H2,1-3H3. The smallest absolute Gasteiger partial charge is 0.223 e. The fraction of sp³-hybridized carbons (Fsp3) is 0.370. The number of hydrogen-bond acceptors (Lipinski definition) is 3. The lowest BCUT2D eigenvalue weighted by Gasteiger charge is -2.39. The normalized spacial score (nSPS) is 16.4. The summed E-state index contributed by atoms with van der Waals surface area (Å²) in [6.07, 6.45) is 1.86. The maximum atomic E-state index is 14.6. The molecule has 4 nitrogen and oxygen atoms in total. The lowest BCUT2D eigenvalue weighted by Crippen LogP contribution is -2.44. The van der Waals surface area contributed by atoms with Crippen molar-refractivity contribution in [3.63, 3.8) is 0 Å². The fourth-order valence-corrected chi connectivity index (χ4v) is 5.19. The first-order valence-electron chi connectivity index (χ1n) is 11.3. The number of amides is 1. The molecular formula is C27H30ClFN2O2. The zero-order valence-corrected chi connectivity index (χ0v) is 20.1. The Kier molecular flexibility index (Phi) is 6.91. The number of fused-ring (bicyclic) bond motifs is 1. The summed E-state index contributed by atoms with van der Waals surface area (Å²) >= 11 is 6.39. The number of methoxy groups -OCH3 is 1. The first-order valence-corrected chi connectivity index (χ1v) is 11.7. The van der Waals surface area contributed by atoms with Gasteiger partial charge in [-0.15, -0.1) is 0 Å². The van der Waals surface area contributed by atoms with Crippen LogP contribution in [-0.2, 0) is 10.2 Å². The van der Waals surface area contributed by atoms with Crippen LogP contribution in [0.15, 0.2) is 54.6 Å². The van der Waals surface area contributed by atoms with Gasteiger partial charge in [-0.2, -0.15) is 0 Å². The van der Waals surface area contributed by atoms with E-state index in [2.05, 4.69) is 11.4 Å². The van der Waals surface area contributed by atoms with Crippen molar-refractivity contribution in [3.05, 3.63) is 76.6 Å². The Labute approximate surface area is 199 Å². The van der Waals surface area contributed by atoms with Crippen LogP contribution in [0.3, 0.4) is 0 Å². The van der Waals surface area contributed by atoms with Crippen molar-refractivity contribution < 1.29 is 13.9 Å². The van der Waals surface area contributed by atoms with Crippen LogP contribution in [0.4, 0.5) is 4.39 Å². The fourth-order valence-electron chi connectivity index (χ4n) is 4.96. The molecule has 0 spiro atoms. The molecule has 4 rings (SSSR count). The summed E-state index contributed by atoms with van der Waals surface area (Å²) in [6, 6.07) is 16.9. The van der Waals surface area contributed by atoms with Gasteiger partial charge >= 0.3 is 0 Å². The van der Waals surface area contributed by atoms with Gasteiger partial charge in [0.1, 0.15) is 0 Å². The Morgan fingerprint density at radius 1 is 1.18 bits per heavy atom. The van der Waals surface area contributed by atoms with Crippen LogP contribution >= 0.6 is 11.6 Å². The highest BCUT2D eigenvalue weighted by Gasteiger charge is 2.38. The molecule has 1 fully saturated rings. The van der Waals surface area contributed by atoms with Crippen molar-refractivity contribution in [2.24, 2.45) is 0 Å². The first-order chi connectivity index (χ1) is 15.8. The van der Waals surface area contributed by atoms with E-state index in [4.69, 9.17) is 16.3 Å². The van der Waals surface area contributed by atoms with Gasteiger partial charge in [-0.25, -0.2) is 4.39 Å². The lowest BCUT2D eigenvalue weighted by molar-refractivity contribution is -0.133. The average molecular weight is 469 g/mol. The molecule has 1 heterocycles. The minimum absolute atomic E-state index is 0.0321. The van der Waals surface area contributed by atoms with E-state index in [1.165, 1.54) is 13.2 Å². The molecule has 1 aliphatic heterocycles. The van der Waals surface area contributed by atoms with Gasteiger partial charge in [0.25, 0.3) is 0 Å². The number of rotatable bonds is 6. The minimum Gasteiger partial charge on any atom is -0.494 e. The zero-order chi connectivity index (χ0) is 23.6. The van der Waals surface area contributed by atoms with Crippen molar-refractivity contribution in [2.75, 3.05) is 27.2 Å². The quantitative estimate of drug-likeness (QED) is 0.491. The topological polar surface area (TPSA) is 41.6 Å². The Morgan fingerprint density at radius 3 is 2.61 bits per heavy atom. The third kappa shape index (κ3) is 4.71. The van der Waals surface area contributed by atoms with Crippen LogP contribution in [0.2, 0.25) is 5.02 Å². The van der Waals surface area contributed by atoms with Crippen molar-refractivity contribution in [1.29, 1.82) is 0 Å². The van der Waals surface area contributed by atoms with Gasteiger partial charge in [0.2, 0.25) is 5.91 Å². The van der Waals surface area contributed by atoms with Crippen LogP contribution < -0.4 is 10.1 Å². The molecule has 6 heteroatoms. The predicted octanol–water partition coefficient (Wildman–Crippen LogP) is 5.87. The van der Waals surface area contributed by atoms with E-state index < -0.39 is 11.2 Å².